The van der Waals surface area contributed by atoms with Gasteiger partial charge in [0.05, 0.1) is 6.61 Å². The molecule has 1 atom stereocenters. The molecule has 0 bridgehead atoms. The minimum atomic E-state index is -0.926. The standard InChI is InChI=1S/C35H40O5.H3N.13H2/c1-3-5-7-9-11-13-15-17-19-21-23-25-27-29-34(37)39-32-33(31-36)40-35(38)30-28-26-24-22-20-18-16-14-12-10-8-6-4-2;;;;;;;;;;;;;;/h33,36H,4,6,8,10,12,14,16,18,20,22,24,26,28,30-32H2,1-2H3;1H3;13*1H/t33-;;;;;;;;;;;;;;/m0............../s1. The fraction of sp³-hybridized carbons (Fsp3) is 0.543. The SMILES string of the molecule is CC#CC#CC#CC#CC#CC#CC#CC(=O)OC[C@H](CO)OC(=O)CCCCCCCCCCCCCCC.N.[HH].[HH].[HH].[HH].[HH].[HH].[HH].[HH].[HH].[HH].[HH].[HH].[HH]. The average Bonchev–Trinajstić information content (AvgIpc) is 2.96. The second kappa shape index (κ2) is 32.0. The molecule has 0 amide bonds. The maximum atomic E-state index is 12.0. The molecule has 0 aromatic carbocycles. The van der Waals surface area contributed by atoms with E-state index >= 15 is 0 Å². The predicted octanol–water partition coefficient (Wildman–Crippen LogP) is 8.32. The van der Waals surface area contributed by atoms with Crippen molar-refractivity contribution in [3.8, 4) is 82.9 Å². The van der Waals surface area contributed by atoms with Crippen LogP contribution in [0.4, 0.5) is 0 Å². The van der Waals surface area contributed by atoms with Crippen molar-refractivity contribution >= 4 is 11.9 Å². The van der Waals surface area contributed by atoms with Gasteiger partial charge in [0.1, 0.15) is 6.61 Å². The summed E-state index contributed by atoms with van der Waals surface area (Å²) in [6, 6.07) is 0. The molecule has 6 nitrogen and oxygen atoms in total. The first-order valence-electron chi connectivity index (χ1n) is 14.0. The zero-order valence-electron chi connectivity index (χ0n) is 24.7. The molecule has 0 spiro atoms. The molecule has 4 N–H and O–H groups in total. The lowest BCUT2D eigenvalue weighted by atomic mass is 10.0. The summed E-state index contributed by atoms with van der Waals surface area (Å²) in [5.74, 6) is 33.0. The highest BCUT2D eigenvalue weighted by atomic mass is 16.6. The summed E-state index contributed by atoms with van der Waals surface area (Å²) in [7, 11) is 0. The molecule has 0 saturated carbocycles. The van der Waals surface area contributed by atoms with Crippen LogP contribution in [0.3, 0.4) is 0 Å². The van der Waals surface area contributed by atoms with Crippen molar-refractivity contribution in [3.05, 3.63) is 0 Å². The van der Waals surface area contributed by atoms with Crippen molar-refractivity contribution in [2.24, 2.45) is 0 Å². The summed E-state index contributed by atoms with van der Waals surface area (Å²) >= 11 is 0. The monoisotopic (exact) mass is 584 g/mol. The molecular weight excluding hydrogens is 514 g/mol. The van der Waals surface area contributed by atoms with Crippen LogP contribution in [0.2, 0.25) is 0 Å². The number of esters is 2. The average molecular weight is 584 g/mol. The lowest BCUT2D eigenvalue weighted by Gasteiger charge is -2.14. The van der Waals surface area contributed by atoms with Gasteiger partial charge in [0.15, 0.2) is 6.10 Å². The number of ether oxygens (including phenoxy) is 2. The molecule has 0 rings (SSSR count). The first-order chi connectivity index (χ1) is 19.6. The summed E-state index contributed by atoms with van der Waals surface area (Å²) < 4.78 is 10.1. The Morgan fingerprint density at radius 2 is 1.07 bits per heavy atom. The third-order valence-corrected chi connectivity index (χ3v) is 5.36. The first-order valence-corrected chi connectivity index (χ1v) is 14.0. The van der Waals surface area contributed by atoms with Crippen molar-refractivity contribution < 1.29 is 42.7 Å². The molecule has 0 heterocycles. The largest absolute Gasteiger partial charge is 0.456 e. The molecule has 0 aliphatic rings. The molecule has 0 aromatic rings. The molecule has 0 aliphatic heterocycles. The molecule has 0 radical (unpaired) electrons. The van der Waals surface area contributed by atoms with Crippen LogP contribution in [0, 0.1) is 82.9 Å². The fourth-order valence-electron chi connectivity index (χ4n) is 3.32. The van der Waals surface area contributed by atoms with Gasteiger partial charge in [-0.2, -0.15) is 0 Å². The Morgan fingerprint density at radius 3 is 1.51 bits per heavy atom. The smallest absolute Gasteiger partial charge is 0.385 e. The Bertz CT molecular complexity index is 1230. The molecule has 0 saturated heterocycles. The van der Waals surface area contributed by atoms with Crippen LogP contribution in [0.1, 0.15) is 122 Å². The Hall–Kier alpha value is -4.22. The van der Waals surface area contributed by atoms with Gasteiger partial charge in [-0.15, -0.1) is 0 Å². The fourth-order valence-corrected chi connectivity index (χ4v) is 3.32. The Kier molecular flexibility index (Phi) is 30.4. The second-order valence-corrected chi connectivity index (χ2v) is 8.76. The predicted molar refractivity (Wildman–Crippen MR) is 191 cm³/mol. The highest BCUT2D eigenvalue weighted by Gasteiger charge is 2.15. The van der Waals surface area contributed by atoms with Crippen LogP contribution >= 0.6 is 0 Å². The Balaban J connectivity index is -0.0000000836. The minimum Gasteiger partial charge on any atom is -0.456 e. The lowest BCUT2D eigenvalue weighted by Crippen LogP contribution is -2.28. The van der Waals surface area contributed by atoms with E-state index in [1.54, 1.807) is 6.92 Å². The molecule has 0 fully saturated rings. The van der Waals surface area contributed by atoms with E-state index in [0.29, 0.717) is 0 Å². The lowest BCUT2D eigenvalue weighted by molar-refractivity contribution is -0.159. The van der Waals surface area contributed by atoms with Crippen LogP contribution in [-0.4, -0.2) is 36.4 Å². The molecule has 6 heteroatoms. The van der Waals surface area contributed by atoms with Gasteiger partial charge in [0, 0.05) is 30.9 Å². The number of rotatable bonds is 18. The van der Waals surface area contributed by atoms with E-state index in [1.165, 1.54) is 64.2 Å². The summed E-state index contributed by atoms with van der Waals surface area (Å²) in [5.41, 5.74) is 0. The van der Waals surface area contributed by atoms with E-state index in [-0.39, 0.29) is 37.7 Å². The van der Waals surface area contributed by atoms with Gasteiger partial charge in [0.25, 0.3) is 0 Å². The molecule has 0 aromatic heterocycles. The van der Waals surface area contributed by atoms with Gasteiger partial charge >= 0.3 is 11.9 Å². The normalized spacial score (nSPS) is 8.95. The first kappa shape index (κ1) is 38.9. The van der Waals surface area contributed by atoms with Crippen molar-refractivity contribution in [2.75, 3.05) is 13.2 Å². The second-order valence-electron chi connectivity index (χ2n) is 8.76. The highest BCUT2D eigenvalue weighted by molar-refractivity contribution is 5.89. The number of carbonyl (C=O) groups is 2. The van der Waals surface area contributed by atoms with Gasteiger partial charge < -0.3 is 20.7 Å². The van der Waals surface area contributed by atoms with E-state index in [0.717, 1.165) is 19.3 Å². The number of carbonyl (C=O) groups excluding carboxylic acids is 2. The summed E-state index contributed by atoms with van der Waals surface area (Å²) in [5, 5.41) is 9.40. The van der Waals surface area contributed by atoms with E-state index in [4.69, 9.17) is 9.47 Å². The zero-order valence-corrected chi connectivity index (χ0v) is 24.7. The van der Waals surface area contributed by atoms with Gasteiger partial charge in [-0.25, -0.2) is 4.79 Å². The molecule has 41 heavy (non-hydrogen) atoms. The summed E-state index contributed by atoms with van der Waals surface area (Å²) in [6.45, 7) is 3.18. The third-order valence-electron chi connectivity index (χ3n) is 5.36. The highest BCUT2D eigenvalue weighted by Crippen LogP contribution is 2.13. The van der Waals surface area contributed by atoms with E-state index in [2.05, 4.69) is 89.8 Å². The van der Waals surface area contributed by atoms with Gasteiger partial charge in [-0.3, -0.25) is 4.79 Å². The maximum absolute atomic E-state index is 12.0. The van der Waals surface area contributed by atoms with Crippen molar-refractivity contribution in [1.29, 1.82) is 0 Å². The Labute approximate surface area is 267 Å². The molecule has 0 aliphatic carbocycles. The summed E-state index contributed by atoms with van der Waals surface area (Å²) in [6.07, 6.45) is 15.3. The van der Waals surface area contributed by atoms with Crippen molar-refractivity contribution in [1.82, 2.24) is 6.15 Å². The van der Waals surface area contributed by atoms with Crippen LogP contribution in [0.25, 0.3) is 0 Å². The van der Waals surface area contributed by atoms with Crippen molar-refractivity contribution in [3.63, 3.8) is 0 Å². The maximum Gasteiger partial charge on any atom is 0.385 e. The van der Waals surface area contributed by atoms with Gasteiger partial charge in [-0.05, 0) is 84.4 Å². The van der Waals surface area contributed by atoms with Crippen molar-refractivity contribution in [2.45, 2.75) is 110 Å². The van der Waals surface area contributed by atoms with Gasteiger partial charge in [0.2, 0.25) is 0 Å². The minimum absolute atomic E-state index is 0. The number of unbranched alkanes of at least 4 members (excludes halogenated alkanes) is 12. The van der Waals surface area contributed by atoms with Crippen LogP contribution in [0.5, 0.6) is 0 Å². The summed E-state index contributed by atoms with van der Waals surface area (Å²) in [4.78, 5) is 23.7. The van der Waals surface area contributed by atoms with Gasteiger partial charge in [-0.1, -0.05) is 89.9 Å². The van der Waals surface area contributed by atoms with E-state index in [1.807, 2.05) is 0 Å². The van der Waals surface area contributed by atoms with Crippen LogP contribution < -0.4 is 6.15 Å². The topological polar surface area (TPSA) is 108 Å². The van der Waals surface area contributed by atoms with E-state index < -0.39 is 24.6 Å². The third kappa shape index (κ3) is 30.2. The number of aliphatic hydroxyl groups excluding tert-OH is 1. The number of aliphatic hydroxyl groups is 1. The Morgan fingerprint density at radius 1 is 0.659 bits per heavy atom. The van der Waals surface area contributed by atoms with Crippen LogP contribution in [0.15, 0.2) is 0 Å². The zero-order chi connectivity index (χ0) is 29.4. The number of hydrogen-bond acceptors (Lipinski definition) is 6. The molecular formula is C35H69NO5. The van der Waals surface area contributed by atoms with Crippen LogP contribution in [-0.2, 0) is 19.1 Å². The van der Waals surface area contributed by atoms with E-state index in [9.17, 15) is 14.7 Å². The molecule has 0 unspecified atom stereocenters. The molecule has 244 valence electrons. The quantitative estimate of drug-likeness (QED) is 0.0727. The number of hydrogen-bond donors (Lipinski definition) is 2.